The van der Waals surface area contributed by atoms with Gasteiger partial charge in [0, 0.05) is 13.6 Å². The van der Waals surface area contributed by atoms with E-state index in [1.807, 2.05) is 0 Å². The molecule has 0 aromatic heterocycles. The van der Waals surface area contributed by atoms with Crippen molar-refractivity contribution >= 4 is 5.91 Å². The maximum atomic E-state index is 11.8. The summed E-state index contributed by atoms with van der Waals surface area (Å²) in [6, 6.07) is 0. The second-order valence-electron chi connectivity index (χ2n) is 3.08. The van der Waals surface area contributed by atoms with Crippen LogP contribution in [0.25, 0.3) is 0 Å². The third-order valence-electron chi connectivity index (χ3n) is 1.23. The zero-order chi connectivity index (χ0) is 9.94. The van der Waals surface area contributed by atoms with E-state index in [1.54, 1.807) is 13.8 Å². The highest BCUT2D eigenvalue weighted by Gasteiger charge is 2.41. The van der Waals surface area contributed by atoms with Gasteiger partial charge in [0.05, 0.1) is 0 Å². The molecule has 0 saturated carbocycles. The lowest BCUT2D eigenvalue weighted by Crippen LogP contribution is -2.40. The van der Waals surface area contributed by atoms with Gasteiger partial charge in [-0.05, 0) is 5.92 Å². The van der Waals surface area contributed by atoms with Gasteiger partial charge in [-0.3, -0.25) is 4.79 Å². The van der Waals surface area contributed by atoms with E-state index in [-0.39, 0.29) is 12.5 Å². The number of halogens is 3. The number of hydrogen-bond donors (Lipinski definition) is 0. The highest BCUT2D eigenvalue weighted by atomic mass is 19.4. The zero-order valence-corrected chi connectivity index (χ0v) is 7.27. The van der Waals surface area contributed by atoms with Crippen molar-refractivity contribution in [3.8, 4) is 0 Å². The van der Waals surface area contributed by atoms with E-state index in [9.17, 15) is 18.0 Å². The van der Waals surface area contributed by atoms with Crippen molar-refractivity contribution < 1.29 is 18.0 Å². The van der Waals surface area contributed by atoms with Crippen LogP contribution in [0.2, 0.25) is 0 Å². The number of hydrogen-bond acceptors (Lipinski definition) is 1. The van der Waals surface area contributed by atoms with Crippen LogP contribution in [0.15, 0.2) is 0 Å². The smallest absolute Gasteiger partial charge is 0.338 e. The van der Waals surface area contributed by atoms with Crippen molar-refractivity contribution in [2.75, 3.05) is 13.6 Å². The van der Waals surface area contributed by atoms with Crippen LogP contribution in [-0.4, -0.2) is 30.6 Å². The van der Waals surface area contributed by atoms with E-state index in [2.05, 4.69) is 0 Å². The molecule has 0 aromatic carbocycles. The normalized spacial score (nSPS) is 11.9. The molecule has 0 N–H and O–H groups in total. The van der Waals surface area contributed by atoms with Gasteiger partial charge in [-0.1, -0.05) is 13.8 Å². The van der Waals surface area contributed by atoms with Crippen LogP contribution >= 0.6 is 0 Å². The van der Waals surface area contributed by atoms with Gasteiger partial charge in [0.15, 0.2) is 0 Å². The Labute approximate surface area is 69.3 Å². The molecule has 0 aliphatic carbocycles. The first kappa shape index (κ1) is 11.3. The largest absolute Gasteiger partial charge is 0.471 e. The minimum absolute atomic E-state index is 0.0429. The van der Waals surface area contributed by atoms with E-state index in [1.165, 1.54) is 0 Å². The molecule has 0 bridgehead atoms. The van der Waals surface area contributed by atoms with Gasteiger partial charge in [-0.2, -0.15) is 13.2 Å². The minimum atomic E-state index is -4.75. The molecular weight excluding hydrogens is 171 g/mol. The van der Waals surface area contributed by atoms with E-state index < -0.39 is 12.1 Å². The van der Waals surface area contributed by atoms with Gasteiger partial charge >= 0.3 is 12.1 Å². The average molecular weight is 183 g/mol. The minimum Gasteiger partial charge on any atom is -0.338 e. The van der Waals surface area contributed by atoms with E-state index in [0.29, 0.717) is 4.90 Å². The highest BCUT2D eigenvalue weighted by molar-refractivity contribution is 5.81. The topological polar surface area (TPSA) is 20.3 Å². The Hall–Kier alpha value is -0.740. The van der Waals surface area contributed by atoms with E-state index in [4.69, 9.17) is 0 Å². The van der Waals surface area contributed by atoms with Gasteiger partial charge < -0.3 is 4.90 Å². The van der Waals surface area contributed by atoms with Gasteiger partial charge in [0.2, 0.25) is 0 Å². The first-order valence-electron chi connectivity index (χ1n) is 3.57. The molecule has 1 amide bonds. The van der Waals surface area contributed by atoms with Crippen molar-refractivity contribution in [2.24, 2.45) is 5.92 Å². The third kappa shape index (κ3) is 3.59. The number of carbonyl (C=O) groups is 1. The highest BCUT2D eigenvalue weighted by Crippen LogP contribution is 2.17. The molecule has 0 fully saturated rings. The molecule has 2 nitrogen and oxygen atoms in total. The summed E-state index contributed by atoms with van der Waals surface area (Å²) in [5.74, 6) is -1.74. The van der Waals surface area contributed by atoms with Crippen LogP contribution in [0, 0.1) is 5.92 Å². The van der Waals surface area contributed by atoms with E-state index >= 15 is 0 Å². The number of rotatable bonds is 2. The fourth-order valence-corrected chi connectivity index (χ4v) is 0.847. The lowest BCUT2D eigenvalue weighted by atomic mass is 10.2. The summed E-state index contributed by atoms with van der Waals surface area (Å²) in [5.41, 5.74) is 0. The first-order valence-corrected chi connectivity index (χ1v) is 3.57. The van der Waals surface area contributed by atoms with Crippen LogP contribution < -0.4 is 0 Å². The monoisotopic (exact) mass is 183 g/mol. The molecule has 0 unspecified atom stereocenters. The molecular formula is C7H12F3NO. The molecule has 0 saturated heterocycles. The Morgan fingerprint density at radius 1 is 1.42 bits per heavy atom. The van der Waals surface area contributed by atoms with Gasteiger partial charge in [-0.25, -0.2) is 0 Å². The molecule has 0 aromatic rings. The Morgan fingerprint density at radius 2 is 1.83 bits per heavy atom. The Kier molecular flexibility index (Phi) is 3.55. The van der Waals surface area contributed by atoms with Crippen LogP contribution in [0.5, 0.6) is 0 Å². The molecule has 0 heterocycles. The number of nitrogens with zero attached hydrogens (tertiary/aromatic N) is 1. The lowest BCUT2D eigenvalue weighted by molar-refractivity contribution is -0.184. The average Bonchev–Trinajstić information content (AvgIpc) is 1.82. The molecule has 0 atom stereocenters. The summed E-state index contributed by atoms with van der Waals surface area (Å²) in [7, 11) is 1.15. The maximum Gasteiger partial charge on any atom is 0.471 e. The summed E-state index contributed by atoms with van der Waals surface area (Å²) in [6.07, 6.45) is -4.75. The summed E-state index contributed by atoms with van der Waals surface area (Å²) >= 11 is 0. The SMILES string of the molecule is CC(C)CN(C)C(=O)C(F)(F)F. The van der Waals surface area contributed by atoms with Crippen molar-refractivity contribution in [1.29, 1.82) is 0 Å². The summed E-state index contributed by atoms with van der Waals surface area (Å²) in [4.78, 5) is 11.2. The third-order valence-corrected chi connectivity index (χ3v) is 1.23. The Balaban J connectivity index is 4.12. The molecule has 12 heavy (non-hydrogen) atoms. The predicted octanol–water partition coefficient (Wildman–Crippen LogP) is 1.66. The van der Waals surface area contributed by atoms with Crippen LogP contribution in [0.1, 0.15) is 13.8 Å². The molecule has 5 heteroatoms. The lowest BCUT2D eigenvalue weighted by Gasteiger charge is -2.20. The van der Waals surface area contributed by atoms with Crippen molar-refractivity contribution in [3.05, 3.63) is 0 Å². The van der Waals surface area contributed by atoms with Crippen molar-refractivity contribution in [2.45, 2.75) is 20.0 Å². The fraction of sp³-hybridized carbons (Fsp3) is 0.857. The van der Waals surface area contributed by atoms with Crippen molar-refractivity contribution in [1.82, 2.24) is 4.90 Å². The predicted molar refractivity (Wildman–Crippen MR) is 38.5 cm³/mol. The fourth-order valence-electron chi connectivity index (χ4n) is 0.847. The van der Waals surface area contributed by atoms with Gasteiger partial charge in [0.25, 0.3) is 0 Å². The van der Waals surface area contributed by atoms with Gasteiger partial charge in [0.1, 0.15) is 0 Å². The van der Waals surface area contributed by atoms with Gasteiger partial charge in [-0.15, -0.1) is 0 Å². The maximum absolute atomic E-state index is 11.8. The summed E-state index contributed by atoms with van der Waals surface area (Å²) in [6.45, 7) is 3.62. The van der Waals surface area contributed by atoms with Crippen molar-refractivity contribution in [3.63, 3.8) is 0 Å². The summed E-state index contributed by atoms with van der Waals surface area (Å²) in [5, 5.41) is 0. The number of amides is 1. The number of alkyl halides is 3. The number of carbonyl (C=O) groups excluding carboxylic acids is 1. The Bertz CT molecular complexity index is 165. The zero-order valence-electron chi connectivity index (χ0n) is 7.27. The molecule has 0 rings (SSSR count). The second kappa shape index (κ2) is 3.78. The summed E-state index contributed by atoms with van der Waals surface area (Å²) < 4.78 is 35.3. The quantitative estimate of drug-likeness (QED) is 0.637. The van der Waals surface area contributed by atoms with Crippen LogP contribution in [0.3, 0.4) is 0 Å². The molecule has 0 spiro atoms. The molecule has 0 aliphatic rings. The molecule has 0 radical (unpaired) electrons. The standard InChI is InChI=1S/C7H12F3NO/c1-5(2)4-11(3)6(12)7(8,9)10/h5H,4H2,1-3H3. The first-order chi connectivity index (χ1) is 5.25. The Morgan fingerprint density at radius 3 is 2.08 bits per heavy atom. The van der Waals surface area contributed by atoms with Crippen LogP contribution in [0.4, 0.5) is 13.2 Å². The molecule has 72 valence electrons. The molecule has 0 aliphatic heterocycles. The second-order valence-corrected chi connectivity index (χ2v) is 3.08. The van der Waals surface area contributed by atoms with Crippen LogP contribution in [-0.2, 0) is 4.79 Å². The van der Waals surface area contributed by atoms with E-state index in [0.717, 1.165) is 7.05 Å².